The highest BCUT2D eigenvalue weighted by molar-refractivity contribution is 5.60. The summed E-state index contributed by atoms with van der Waals surface area (Å²) < 4.78 is 0. The number of non-ortho nitro benzene ring substituents is 1. The summed E-state index contributed by atoms with van der Waals surface area (Å²) >= 11 is 0. The molecule has 0 bridgehead atoms. The fourth-order valence-corrected chi connectivity index (χ4v) is 3.35. The number of aliphatic hydroxyl groups excluding tert-OH is 1. The lowest BCUT2D eigenvalue weighted by molar-refractivity contribution is -0.384. The molecular weight excluding hydrogens is 330 g/mol. The quantitative estimate of drug-likeness (QED) is 0.544. The first-order valence-corrected chi connectivity index (χ1v) is 8.84. The summed E-state index contributed by atoms with van der Waals surface area (Å²) in [5.74, 6) is 0. The monoisotopic (exact) mass is 355 g/mol. The first-order chi connectivity index (χ1) is 12.4. The molecule has 0 saturated carbocycles. The Labute approximate surface area is 153 Å². The number of hydrogen-bond acceptors (Lipinski definition) is 5. The topological polar surface area (TPSA) is 87.4 Å². The Hall–Kier alpha value is -2.44. The third kappa shape index (κ3) is 3.86. The van der Waals surface area contributed by atoms with Crippen molar-refractivity contribution in [2.24, 2.45) is 5.41 Å². The Morgan fingerprint density at radius 1 is 1.27 bits per heavy atom. The van der Waals surface area contributed by atoms with Gasteiger partial charge in [0.2, 0.25) is 0 Å². The van der Waals surface area contributed by atoms with Crippen LogP contribution in [0.4, 0.5) is 11.4 Å². The summed E-state index contributed by atoms with van der Waals surface area (Å²) in [5, 5.41) is 27.9. The molecule has 1 aliphatic heterocycles. The number of nitrogens with zero attached hydrogens (tertiary/aromatic N) is 1. The normalized spacial score (nSPS) is 19.5. The van der Waals surface area contributed by atoms with Crippen LogP contribution in [0.2, 0.25) is 0 Å². The molecule has 0 radical (unpaired) electrons. The third-order valence-corrected chi connectivity index (χ3v) is 5.17. The number of nitro benzene ring substituents is 1. The molecule has 138 valence electrons. The summed E-state index contributed by atoms with van der Waals surface area (Å²) in [6.45, 7) is 4.79. The van der Waals surface area contributed by atoms with E-state index in [-0.39, 0.29) is 34.7 Å². The van der Waals surface area contributed by atoms with E-state index in [0.717, 1.165) is 23.2 Å². The minimum absolute atomic E-state index is 0.0258. The van der Waals surface area contributed by atoms with Crippen molar-refractivity contribution in [1.29, 1.82) is 0 Å². The van der Waals surface area contributed by atoms with Gasteiger partial charge in [-0.25, -0.2) is 0 Å². The molecule has 0 unspecified atom stereocenters. The molecule has 0 fully saturated rings. The van der Waals surface area contributed by atoms with Crippen molar-refractivity contribution in [1.82, 2.24) is 5.32 Å². The van der Waals surface area contributed by atoms with Crippen LogP contribution in [-0.4, -0.2) is 22.7 Å². The Bertz CT molecular complexity index is 777. The Morgan fingerprint density at radius 3 is 2.65 bits per heavy atom. The Morgan fingerprint density at radius 2 is 2.00 bits per heavy atom. The molecule has 0 aliphatic carbocycles. The van der Waals surface area contributed by atoms with Gasteiger partial charge in [0.25, 0.3) is 5.69 Å². The lowest BCUT2D eigenvalue weighted by Gasteiger charge is -2.41. The number of benzene rings is 2. The van der Waals surface area contributed by atoms with Gasteiger partial charge in [0.1, 0.15) is 0 Å². The molecule has 0 spiro atoms. The van der Waals surface area contributed by atoms with Crippen molar-refractivity contribution in [3.8, 4) is 0 Å². The second-order valence-corrected chi connectivity index (χ2v) is 7.53. The minimum Gasteiger partial charge on any atom is -0.396 e. The van der Waals surface area contributed by atoms with Crippen molar-refractivity contribution in [3.05, 3.63) is 69.8 Å². The fraction of sp³-hybridized carbons (Fsp3) is 0.400. The van der Waals surface area contributed by atoms with E-state index in [1.165, 1.54) is 6.07 Å². The van der Waals surface area contributed by atoms with Gasteiger partial charge in [-0.1, -0.05) is 44.2 Å². The van der Waals surface area contributed by atoms with E-state index in [9.17, 15) is 15.2 Å². The molecule has 2 aromatic rings. The maximum atomic E-state index is 11.2. The SMILES string of the molecule is CC(C)(CO)[C@@H]1C[C@H](NCc2ccccc2)c2cc([N+](=O)[O-])ccc2N1. The molecule has 6 heteroatoms. The highest BCUT2D eigenvalue weighted by Gasteiger charge is 2.36. The predicted octanol–water partition coefficient (Wildman–Crippen LogP) is 3.63. The summed E-state index contributed by atoms with van der Waals surface area (Å²) in [5.41, 5.74) is 2.75. The van der Waals surface area contributed by atoms with E-state index >= 15 is 0 Å². The van der Waals surface area contributed by atoms with Crippen LogP contribution in [0.25, 0.3) is 0 Å². The summed E-state index contributed by atoms with van der Waals surface area (Å²) in [4.78, 5) is 10.8. The summed E-state index contributed by atoms with van der Waals surface area (Å²) in [7, 11) is 0. The average molecular weight is 355 g/mol. The molecule has 2 atom stereocenters. The lowest BCUT2D eigenvalue weighted by Crippen LogP contribution is -2.44. The van der Waals surface area contributed by atoms with Gasteiger partial charge in [-0.2, -0.15) is 0 Å². The van der Waals surface area contributed by atoms with Crippen LogP contribution >= 0.6 is 0 Å². The van der Waals surface area contributed by atoms with Crippen molar-refractivity contribution >= 4 is 11.4 Å². The maximum Gasteiger partial charge on any atom is 0.269 e. The van der Waals surface area contributed by atoms with Crippen LogP contribution < -0.4 is 10.6 Å². The van der Waals surface area contributed by atoms with Crippen LogP contribution in [0.15, 0.2) is 48.5 Å². The van der Waals surface area contributed by atoms with Gasteiger partial charge in [0, 0.05) is 41.9 Å². The van der Waals surface area contributed by atoms with E-state index in [4.69, 9.17) is 0 Å². The average Bonchev–Trinajstić information content (AvgIpc) is 2.66. The van der Waals surface area contributed by atoms with Crippen molar-refractivity contribution in [2.45, 2.75) is 38.9 Å². The molecule has 1 aliphatic rings. The molecule has 0 amide bonds. The number of nitrogens with one attached hydrogen (secondary N) is 2. The predicted molar refractivity (Wildman–Crippen MR) is 102 cm³/mol. The standard InChI is InChI=1S/C20H25N3O3/c1-20(2,13-24)19-11-18(21-12-14-6-4-3-5-7-14)16-10-15(23(25)26)8-9-17(16)22-19/h3-10,18-19,21-22,24H,11-13H2,1-2H3/t18-,19-/m0/s1. The van der Waals surface area contributed by atoms with Crippen LogP contribution in [-0.2, 0) is 6.54 Å². The number of aliphatic hydroxyl groups is 1. The van der Waals surface area contributed by atoms with Gasteiger partial charge in [-0.05, 0) is 23.6 Å². The zero-order valence-corrected chi connectivity index (χ0v) is 15.1. The van der Waals surface area contributed by atoms with Crippen molar-refractivity contribution in [2.75, 3.05) is 11.9 Å². The lowest BCUT2D eigenvalue weighted by atomic mass is 9.78. The molecule has 0 aromatic heterocycles. The number of fused-ring (bicyclic) bond motifs is 1. The van der Waals surface area contributed by atoms with Crippen LogP contribution in [0.3, 0.4) is 0 Å². The molecule has 2 aromatic carbocycles. The first-order valence-electron chi connectivity index (χ1n) is 8.84. The van der Waals surface area contributed by atoms with E-state index in [2.05, 4.69) is 22.8 Å². The number of rotatable bonds is 6. The third-order valence-electron chi connectivity index (χ3n) is 5.17. The van der Waals surface area contributed by atoms with E-state index in [1.807, 2.05) is 32.0 Å². The van der Waals surface area contributed by atoms with Crippen LogP contribution in [0.5, 0.6) is 0 Å². The summed E-state index contributed by atoms with van der Waals surface area (Å²) in [6.07, 6.45) is 0.745. The molecular formula is C20H25N3O3. The minimum atomic E-state index is -0.363. The molecule has 3 rings (SSSR count). The molecule has 3 N–H and O–H groups in total. The second-order valence-electron chi connectivity index (χ2n) is 7.53. The van der Waals surface area contributed by atoms with Gasteiger partial charge in [0.05, 0.1) is 11.5 Å². The largest absolute Gasteiger partial charge is 0.396 e. The van der Waals surface area contributed by atoms with E-state index < -0.39 is 0 Å². The number of nitro groups is 1. The van der Waals surface area contributed by atoms with E-state index in [0.29, 0.717) is 6.54 Å². The van der Waals surface area contributed by atoms with Crippen LogP contribution in [0, 0.1) is 15.5 Å². The van der Waals surface area contributed by atoms with Crippen LogP contribution in [0.1, 0.15) is 37.4 Å². The van der Waals surface area contributed by atoms with Gasteiger partial charge in [-0.3, -0.25) is 10.1 Å². The highest BCUT2D eigenvalue weighted by Crippen LogP contribution is 2.40. The summed E-state index contributed by atoms with van der Waals surface area (Å²) in [6, 6.07) is 15.1. The highest BCUT2D eigenvalue weighted by atomic mass is 16.6. The van der Waals surface area contributed by atoms with Crippen molar-refractivity contribution < 1.29 is 10.0 Å². The molecule has 1 heterocycles. The van der Waals surface area contributed by atoms with Crippen molar-refractivity contribution in [3.63, 3.8) is 0 Å². The second kappa shape index (κ2) is 7.43. The van der Waals surface area contributed by atoms with E-state index in [1.54, 1.807) is 12.1 Å². The van der Waals surface area contributed by atoms with Gasteiger partial charge in [-0.15, -0.1) is 0 Å². The first kappa shape index (κ1) is 18.4. The molecule has 0 saturated heterocycles. The van der Waals surface area contributed by atoms with Gasteiger partial charge < -0.3 is 15.7 Å². The molecule has 26 heavy (non-hydrogen) atoms. The molecule has 6 nitrogen and oxygen atoms in total. The van der Waals surface area contributed by atoms with Gasteiger partial charge in [0.15, 0.2) is 0 Å². The Kier molecular flexibility index (Phi) is 5.25. The number of hydrogen-bond donors (Lipinski definition) is 3. The Balaban J connectivity index is 1.89. The zero-order chi connectivity index (χ0) is 18.7. The fourth-order valence-electron chi connectivity index (χ4n) is 3.35. The smallest absolute Gasteiger partial charge is 0.269 e. The number of anilines is 1. The maximum absolute atomic E-state index is 11.2. The zero-order valence-electron chi connectivity index (χ0n) is 15.1. The van der Waals surface area contributed by atoms with Gasteiger partial charge >= 0.3 is 0 Å².